The Hall–Kier alpha value is -0.490. The molecular weight excluding hydrogens is 196 g/mol. The van der Waals surface area contributed by atoms with E-state index in [1.807, 2.05) is 0 Å². The first-order chi connectivity index (χ1) is 6.79. The number of rotatable bonds is 3. The molecule has 0 radical (unpaired) electrons. The molecule has 3 N–H and O–H groups in total. The van der Waals surface area contributed by atoms with Gasteiger partial charge in [-0.25, -0.2) is 4.98 Å². The number of aromatic nitrogens is 1. The van der Waals surface area contributed by atoms with Crippen molar-refractivity contribution in [2.75, 3.05) is 20.1 Å². The van der Waals surface area contributed by atoms with E-state index in [9.17, 15) is 0 Å². The Bertz CT molecular complexity index is 299. The van der Waals surface area contributed by atoms with E-state index < -0.39 is 0 Å². The lowest BCUT2D eigenvalue weighted by atomic mass is 10.1. The van der Waals surface area contributed by atoms with Crippen LogP contribution in [0.3, 0.4) is 0 Å². The lowest BCUT2D eigenvalue weighted by Crippen LogP contribution is -2.20. The summed E-state index contributed by atoms with van der Waals surface area (Å²) in [6.45, 7) is 3.00. The molecular formula is C9H16N4S. The van der Waals surface area contributed by atoms with Gasteiger partial charge in [0.15, 0.2) is 0 Å². The van der Waals surface area contributed by atoms with Gasteiger partial charge in [0, 0.05) is 17.8 Å². The maximum Gasteiger partial charge on any atom is 0.108 e. The van der Waals surface area contributed by atoms with Crippen molar-refractivity contribution in [1.29, 1.82) is 0 Å². The Morgan fingerprint density at radius 3 is 3.29 bits per heavy atom. The molecule has 1 aromatic heterocycles. The minimum Gasteiger partial charge on any atom is -0.306 e. The van der Waals surface area contributed by atoms with Gasteiger partial charge in [0.1, 0.15) is 5.01 Å². The lowest BCUT2D eigenvalue weighted by Gasteiger charge is -2.06. The number of nitrogens with zero attached hydrogens (tertiary/aromatic N) is 2. The van der Waals surface area contributed by atoms with Gasteiger partial charge in [-0.1, -0.05) is 0 Å². The quantitative estimate of drug-likeness (QED) is 0.567. The molecule has 1 saturated heterocycles. The van der Waals surface area contributed by atoms with Crippen molar-refractivity contribution in [3.8, 4) is 0 Å². The number of likely N-dealkylation sites (N-methyl/N-ethyl adjacent to an activating group) is 1. The fourth-order valence-electron chi connectivity index (χ4n) is 1.86. The number of hydrogen-bond donors (Lipinski definition) is 2. The molecule has 1 atom stereocenters. The molecule has 0 aliphatic carbocycles. The van der Waals surface area contributed by atoms with Crippen LogP contribution in [0, 0.1) is 0 Å². The van der Waals surface area contributed by atoms with Crippen molar-refractivity contribution in [3.63, 3.8) is 0 Å². The van der Waals surface area contributed by atoms with Crippen LogP contribution in [0.1, 0.15) is 23.0 Å². The molecule has 1 aromatic rings. The largest absolute Gasteiger partial charge is 0.306 e. The maximum atomic E-state index is 5.25. The van der Waals surface area contributed by atoms with Crippen LogP contribution in [0.4, 0.5) is 0 Å². The van der Waals surface area contributed by atoms with Crippen molar-refractivity contribution >= 4 is 11.3 Å². The van der Waals surface area contributed by atoms with Crippen molar-refractivity contribution in [3.05, 3.63) is 16.1 Å². The van der Waals surface area contributed by atoms with E-state index in [0.29, 0.717) is 12.5 Å². The van der Waals surface area contributed by atoms with E-state index in [0.717, 1.165) is 11.6 Å². The van der Waals surface area contributed by atoms with E-state index in [2.05, 4.69) is 27.7 Å². The average molecular weight is 212 g/mol. The minimum absolute atomic E-state index is 0.628. The van der Waals surface area contributed by atoms with Gasteiger partial charge in [0.25, 0.3) is 0 Å². The number of thiazole rings is 1. The summed E-state index contributed by atoms with van der Waals surface area (Å²) >= 11 is 1.69. The predicted octanol–water partition coefficient (Wildman–Crippen LogP) is 0.526. The molecule has 14 heavy (non-hydrogen) atoms. The van der Waals surface area contributed by atoms with Crippen molar-refractivity contribution in [2.24, 2.45) is 5.84 Å². The predicted molar refractivity (Wildman–Crippen MR) is 58.0 cm³/mol. The Morgan fingerprint density at radius 1 is 1.79 bits per heavy atom. The highest BCUT2D eigenvalue weighted by molar-refractivity contribution is 7.09. The van der Waals surface area contributed by atoms with E-state index >= 15 is 0 Å². The van der Waals surface area contributed by atoms with E-state index in [1.54, 1.807) is 11.3 Å². The Labute approximate surface area is 88.1 Å². The van der Waals surface area contributed by atoms with Crippen LogP contribution in [-0.4, -0.2) is 30.0 Å². The van der Waals surface area contributed by atoms with Gasteiger partial charge >= 0.3 is 0 Å². The minimum atomic E-state index is 0.628. The summed E-state index contributed by atoms with van der Waals surface area (Å²) in [5, 5.41) is 3.24. The zero-order valence-corrected chi connectivity index (χ0v) is 9.18. The molecule has 0 saturated carbocycles. The molecule has 1 aliphatic rings. The molecule has 0 aromatic carbocycles. The van der Waals surface area contributed by atoms with E-state index in [4.69, 9.17) is 5.84 Å². The molecule has 0 bridgehead atoms. The van der Waals surface area contributed by atoms with Crippen LogP contribution >= 0.6 is 11.3 Å². The number of nitrogens with one attached hydrogen (secondary N) is 1. The third-order valence-electron chi connectivity index (χ3n) is 2.63. The third kappa shape index (κ3) is 2.12. The molecule has 2 heterocycles. The summed E-state index contributed by atoms with van der Waals surface area (Å²) in [6, 6.07) is 0. The van der Waals surface area contributed by atoms with Crippen molar-refractivity contribution < 1.29 is 0 Å². The highest BCUT2D eigenvalue weighted by Crippen LogP contribution is 2.27. The van der Waals surface area contributed by atoms with Gasteiger partial charge in [-0.3, -0.25) is 11.3 Å². The molecule has 1 aliphatic heterocycles. The van der Waals surface area contributed by atoms with Crippen LogP contribution in [-0.2, 0) is 6.54 Å². The van der Waals surface area contributed by atoms with Crippen molar-refractivity contribution in [2.45, 2.75) is 18.9 Å². The first-order valence-corrected chi connectivity index (χ1v) is 5.74. The van der Waals surface area contributed by atoms with Gasteiger partial charge < -0.3 is 4.90 Å². The first-order valence-electron chi connectivity index (χ1n) is 4.86. The topological polar surface area (TPSA) is 54.2 Å². The summed E-state index contributed by atoms with van der Waals surface area (Å²) in [7, 11) is 2.16. The summed E-state index contributed by atoms with van der Waals surface area (Å²) in [4.78, 5) is 6.92. The second-order valence-electron chi connectivity index (χ2n) is 3.79. The zero-order chi connectivity index (χ0) is 9.97. The second-order valence-corrected chi connectivity index (χ2v) is 4.74. The molecule has 0 spiro atoms. The summed E-state index contributed by atoms with van der Waals surface area (Å²) in [5.74, 6) is 5.88. The molecule has 5 heteroatoms. The smallest absolute Gasteiger partial charge is 0.108 e. The third-order valence-corrected chi connectivity index (χ3v) is 3.50. The Kier molecular flexibility index (Phi) is 3.12. The van der Waals surface area contributed by atoms with Gasteiger partial charge in [-0.2, -0.15) is 0 Å². The fraction of sp³-hybridized carbons (Fsp3) is 0.667. The average Bonchev–Trinajstić information content (AvgIpc) is 2.74. The summed E-state index contributed by atoms with van der Waals surface area (Å²) in [6.07, 6.45) is 1.23. The van der Waals surface area contributed by atoms with E-state index in [-0.39, 0.29) is 0 Å². The molecule has 0 amide bonds. The van der Waals surface area contributed by atoms with Crippen LogP contribution in [0.2, 0.25) is 0 Å². The van der Waals surface area contributed by atoms with Gasteiger partial charge in [-0.15, -0.1) is 11.3 Å². The van der Waals surface area contributed by atoms with E-state index in [1.165, 1.54) is 18.7 Å². The summed E-state index contributed by atoms with van der Waals surface area (Å²) < 4.78 is 0. The Morgan fingerprint density at radius 2 is 2.64 bits per heavy atom. The first kappa shape index (κ1) is 10.0. The summed E-state index contributed by atoms with van der Waals surface area (Å²) in [5.41, 5.74) is 3.87. The molecule has 2 rings (SSSR count). The number of hydrogen-bond acceptors (Lipinski definition) is 5. The normalized spacial score (nSPS) is 23.1. The molecule has 4 nitrogen and oxygen atoms in total. The number of nitrogens with two attached hydrogens (primary N) is 1. The highest BCUT2D eigenvalue weighted by atomic mass is 32.1. The van der Waals surface area contributed by atoms with Gasteiger partial charge in [0.05, 0.1) is 12.2 Å². The van der Waals surface area contributed by atoms with Gasteiger partial charge in [0.2, 0.25) is 0 Å². The zero-order valence-electron chi connectivity index (χ0n) is 8.36. The van der Waals surface area contributed by atoms with Crippen LogP contribution in [0.25, 0.3) is 0 Å². The van der Waals surface area contributed by atoms with Gasteiger partial charge in [-0.05, 0) is 20.0 Å². The number of hydrazine groups is 1. The molecule has 1 unspecified atom stereocenters. The van der Waals surface area contributed by atoms with Crippen LogP contribution in [0.15, 0.2) is 5.38 Å². The van der Waals surface area contributed by atoms with Crippen LogP contribution < -0.4 is 11.3 Å². The number of likely N-dealkylation sites (tertiary alicyclic amines) is 1. The van der Waals surface area contributed by atoms with Crippen LogP contribution in [0.5, 0.6) is 0 Å². The fourth-order valence-corrected chi connectivity index (χ4v) is 2.68. The molecule has 78 valence electrons. The lowest BCUT2D eigenvalue weighted by molar-refractivity contribution is 0.411. The highest BCUT2D eigenvalue weighted by Gasteiger charge is 2.22. The maximum absolute atomic E-state index is 5.25. The molecule has 1 fully saturated rings. The second kappa shape index (κ2) is 4.35. The standard InChI is InChI=1S/C9H16N4S/c1-13-3-2-7(5-13)8-6-14-9(12-8)4-11-10/h6-7,11H,2-5,10H2,1H3. The SMILES string of the molecule is CN1CCC(c2csc(CNN)n2)C1. The Balaban J connectivity index is 2.02. The monoisotopic (exact) mass is 212 g/mol. The van der Waals surface area contributed by atoms with Crippen molar-refractivity contribution in [1.82, 2.24) is 15.3 Å².